The van der Waals surface area contributed by atoms with Gasteiger partial charge in [-0.3, -0.25) is 4.90 Å². The molecule has 2 aromatic rings. The molecular formula is C24H30N2O7S. The average molecular weight is 491 g/mol. The number of benzene rings is 2. The van der Waals surface area contributed by atoms with E-state index < -0.39 is 10.3 Å². The average Bonchev–Trinajstić information content (AvgIpc) is 2.86. The molecule has 3 heterocycles. The van der Waals surface area contributed by atoms with E-state index in [1.54, 1.807) is 14.2 Å². The molecule has 1 saturated heterocycles. The van der Waals surface area contributed by atoms with E-state index in [2.05, 4.69) is 11.0 Å². The molecule has 1 unspecified atom stereocenters. The van der Waals surface area contributed by atoms with Crippen molar-refractivity contribution in [3.05, 3.63) is 46.5 Å². The van der Waals surface area contributed by atoms with Crippen LogP contribution in [0.5, 0.6) is 23.0 Å². The smallest absolute Gasteiger partial charge is 0.385 e. The van der Waals surface area contributed by atoms with Gasteiger partial charge in [0.15, 0.2) is 23.0 Å². The lowest BCUT2D eigenvalue weighted by Gasteiger charge is -2.42. The van der Waals surface area contributed by atoms with Crippen LogP contribution in [0.4, 0.5) is 0 Å². The highest BCUT2D eigenvalue weighted by Gasteiger charge is 2.35. The first-order valence-corrected chi connectivity index (χ1v) is 12.8. The summed E-state index contributed by atoms with van der Waals surface area (Å²) in [5, 5.41) is 0. The van der Waals surface area contributed by atoms with Gasteiger partial charge in [-0.25, -0.2) is 0 Å². The summed E-state index contributed by atoms with van der Waals surface area (Å²) < 4.78 is 54.6. The minimum Gasteiger partial charge on any atom is -0.493 e. The molecule has 0 saturated carbocycles. The van der Waals surface area contributed by atoms with E-state index in [0.717, 1.165) is 42.8 Å². The molecule has 9 nitrogen and oxygen atoms in total. The summed E-state index contributed by atoms with van der Waals surface area (Å²) in [5.74, 6) is 2.08. The fourth-order valence-corrected chi connectivity index (χ4v) is 6.14. The first kappa shape index (κ1) is 23.2. The van der Waals surface area contributed by atoms with E-state index >= 15 is 0 Å². The zero-order valence-corrected chi connectivity index (χ0v) is 20.5. The van der Waals surface area contributed by atoms with Crippen LogP contribution in [0.15, 0.2) is 24.3 Å². The Labute approximate surface area is 200 Å². The van der Waals surface area contributed by atoms with Crippen LogP contribution in [0.2, 0.25) is 0 Å². The van der Waals surface area contributed by atoms with Crippen LogP contribution in [-0.2, 0) is 34.4 Å². The number of rotatable bonds is 6. The molecule has 1 atom stereocenters. The second kappa shape index (κ2) is 9.26. The van der Waals surface area contributed by atoms with Gasteiger partial charge in [0.25, 0.3) is 0 Å². The summed E-state index contributed by atoms with van der Waals surface area (Å²) in [4.78, 5) is 2.42. The molecule has 0 bridgehead atoms. The van der Waals surface area contributed by atoms with Gasteiger partial charge in [-0.1, -0.05) is 0 Å². The highest BCUT2D eigenvalue weighted by atomic mass is 32.2. The Morgan fingerprint density at radius 1 is 0.824 bits per heavy atom. The number of morpholine rings is 1. The third kappa shape index (κ3) is 4.19. The fourth-order valence-electron chi connectivity index (χ4n) is 5.08. The van der Waals surface area contributed by atoms with Gasteiger partial charge < -0.3 is 23.1 Å². The van der Waals surface area contributed by atoms with E-state index in [4.69, 9.17) is 23.1 Å². The number of nitrogens with zero attached hydrogens (tertiary/aromatic N) is 2. The van der Waals surface area contributed by atoms with Crippen molar-refractivity contribution in [1.29, 1.82) is 0 Å². The normalized spacial score (nSPS) is 20.6. The molecule has 1 fully saturated rings. The summed E-state index contributed by atoms with van der Waals surface area (Å²) >= 11 is 0. The van der Waals surface area contributed by atoms with Gasteiger partial charge in [-0.2, -0.15) is 12.7 Å². The third-order valence-electron chi connectivity index (χ3n) is 6.87. The Bertz CT molecular complexity index is 1180. The first-order chi connectivity index (χ1) is 16.4. The first-order valence-electron chi connectivity index (χ1n) is 11.4. The zero-order chi connectivity index (χ0) is 23.9. The predicted molar refractivity (Wildman–Crippen MR) is 125 cm³/mol. The zero-order valence-electron chi connectivity index (χ0n) is 19.7. The second-order valence-corrected chi connectivity index (χ2v) is 10.2. The van der Waals surface area contributed by atoms with Crippen LogP contribution < -0.4 is 18.4 Å². The van der Waals surface area contributed by atoms with Gasteiger partial charge in [-0.15, -0.1) is 0 Å². The van der Waals surface area contributed by atoms with Crippen molar-refractivity contribution in [3.8, 4) is 23.0 Å². The van der Waals surface area contributed by atoms with Crippen molar-refractivity contribution < 1.29 is 31.5 Å². The number of methoxy groups -OCH3 is 3. The molecule has 10 heteroatoms. The Morgan fingerprint density at radius 3 is 2.12 bits per heavy atom. The van der Waals surface area contributed by atoms with Crippen LogP contribution in [0.1, 0.15) is 28.3 Å². The minimum atomic E-state index is -3.96. The van der Waals surface area contributed by atoms with E-state index in [9.17, 15) is 8.42 Å². The van der Waals surface area contributed by atoms with Crippen molar-refractivity contribution in [2.45, 2.75) is 25.4 Å². The lowest BCUT2D eigenvalue weighted by Crippen LogP contribution is -2.42. The van der Waals surface area contributed by atoms with Crippen LogP contribution in [0.3, 0.4) is 0 Å². The van der Waals surface area contributed by atoms with Crippen molar-refractivity contribution in [2.75, 3.05) is 54.2 Å². The number of hydrogen-bond acceptors (Lipinski definition) is 8. The van der Waals surface area contributed by atoms with Gasteiger partial charge >= 0.3 is 10.3 Å². The monoisotopic (exact) mass is 490 g/mol. The predicted octanol–water partition coefficient (Wildman–Crippen LogP) is 2.32. The molecule has 0 amide bonds. The quantitative estimate of drug-likeness (QED) is 0.610. The standard InChI is InChI=1S/C24H30N2O7S/c1-29-21-12-17-10-20-19-14-24(33-34(27,28)26-6-8-32-9-7-26)23(31-3)11-16(19)4-5-25(20)15-18(17)13-22(21)30-2/h11-14,20H,4-10,15H2,1-3H3. The summed E-state index contributed by atoms with van der Waals surface area (Å²) in [6.07, 6.45) is 1.63. The van der Waals surface area contributed by atoms with Crippen molar-refractivity contribution >= 4 is 10.3 Å². The van der Waals surface area contributed by atoms with E-state index in [1.165, 1.54) is 22.5 Å². The minimum absolute atomic E-state index is 0.105. The number of hydrogen-bond donors (Lipinski definition) is 0. The molecule has 184 valence electrons. The van der Waals surface area contributed by atoms with E-state index in [0.29, 0.717) is 24.7 Å². The maximum Gasteiger partial charge on any atom is 0.385 e. The van der Waals surface area contributed by atoms with Crippen molar-refractivity contribution in [2.24, 2.45) is 0 Å². The third-order valence-corrected chi connectivity index (χ3v) is 8.26. The lowest BCUT2D eigenvalue weighted by molar-refractivity contribution is 0.0697. The Hall–Kier alpha value is -2.53. The maximum absolute atomic E-state index is 12.9. The van der Waals surface area contributed by atoms with Gasteiger partial charge in [0.2, 0.25) is 0 Å². The van der Waals surface area contributed by atoms with E-state index in [1.807, 2.05) is 18.2 Å². The molecule has 0 radical (unpaired) electrons. The summed E-state index contributed by atoms with van der Waals surface area (Å²) in [6, 6.07) is 7.96. The molecule has 0 aromatic heterocycles. The number of ether oxygens (including phenoxy) is 4. The van der Waals surface area contributed by atoms with Crippen LogP contribution >= 0.6 is 0 Å². The van der Waals surface area contributed by atoms with Gasteiger partial charge in [0, 0.05) is 32.2 Å². The van der Waals surface area contributed by atoms with E-state index in [-0.39, 0.29) is 24.9 Å². The highest BCUT2D eigenvalue weighted by molar-refractivity contribution is 7.84. The highest BCUT2D eigenvalue weighted by Crippen LogP contribution is 2.44. The Morgan fingerprint density at radius 2 is 1.44 bits per heavy atom. The molecule has 34 heavy (non-hydrogen) atoms. The van der Waals surface area contributed by atoms with Crippen LogP contribution in [-0.4, -0.2) is 71.8 Å². The largest absolute Gasteiger partial charge is 0.493 e. The molecular weight excluding hydrogens is 460 g/mol. The van der Waals surface area contributed by atoms with Gasteiger partial charge in [-0.05, 0) is 59.4 Å². The lowest BCUT2D eigenvalue weighted by atomic mass is 9.83. The molecule has 3 aliphatic rings. The van der Waals surface area contributed by atoms with Gasteiger partial charge in [0.05, 0.1) is 34.5 Å². The second-order valence-electron chi connectivity index (χ2n) is 8.67. The SMILES string of the molecule is COc1cc2c(cc1OC)CN1CCc3cc(OC)c(OS(=O)(=O)N4CCOCC4)cc3C1C2. The topological polar surface area (TPSA) is 86.8 Å². The fraction of sp³-hybridized carbons (Fsp3) is 0.500. The molecule has 2 aromatic carbocycles. The van der Waals surface area contributed by atoms with Crippen molar-refractivity contribution in [3.63, 3.8) is 0 Å². The van der Waals surface area contributed by atoms with Crippen LogP contribution in [0, 0.1) is 0 Å². The van der Waals surface area contributed by atoms with Gasteiger partial charge in [0.1, 0.15) is 0 Å². The van der Waals surface area contributed by atoms with Crippen molar-refractivity contribution in [1.82, 2.24) is 9.21 Å². The summed E-state index contributed by atoms with van der Waals surface area (Å²) in [6.45, 7) is 2.94. The molecule has 0 N–H and O–H groups in total. The molecule has 0 aliphatic carbocycles. The maximum atomic E-state index is 12.9. The number of fused-ring (bicyclic) bond motifs is 4. The summed E-state index contributed by atoms with van der Waals surface area (Å²) in [7, 11) is 0.853. The Balaban J connectivity index is 1.49. The molecule has 0 spiro atoms. The summed E-state index contributed by atoms with van der Waals surface area (Å²) in [5.41, 5.74) is 4.64. The molecule has 3 aliphatic heterocycles. The Kier molecular flexibility index (Phi) is 6.32. The van der Waals surface area contributed by atoms with Crippen LogP contribution in [0.25, 0.3) is 0 Å². The molecule has 5 rings (SSSR count).